The number of aromatic nitrogens is 5. The third-order valence-electron chi connectivity index (χ3n) is 0.886. The second kappa shape index (κ2) is 17.1. The summed E-state index contributed by atoms with van der Waals surface area (Å²) in [6.07, 6.45) is 9.71. The van der Waals surface area contributed by atoms with Crippen molar-refractivity contribution in [1.29, 1.82) is 0 Å². The van der Waals surface area contributed by atoms with Gasteiger partial charge in [0.15, 0.2) is 0 Å². The van der Waals surface area contributed by atoms with Crippen LogP contribution in [-0.2, 0) is 0 Å². The quantitative estimate of drug-likeness (QED) is 0.735. The van der Waals surface area contributed by atoms with E-state index in [9.17, 15) is 0 Å². The van der Waals surface area contributed by atoms with E-state index >= 15 is 0 Å². The van der Waals surface area contributed by atoms with Crippen molar-refractivity contribution in [2.24, 2.45) is 11.8 Å². The molecule has 0 aromatic carbocycles. The van der Waals surface area contributed by atoms with E-state index in [2.05, 4.69) is 66.9 Å². The van der Waals surface area contributed by atoms with Crippen molar-refractivity contribution < 1.29 is 0 Å². The molecule has 2 aromatic rings. The smallest absolute Gasteiger partial charge is 0.0529 e. The molecule has 20 heavy (non-hydrogen) atoms. The Labute approximate surface area is 122 Å². The van der Waals surface area contributed by atoms with Crippen LogP contribution in [0.3, 0.4) is 0 Å². The highest BCUT2D eigenvalue weighted by Gasteiger charge is 1.68. The van der Waals surface area contributed by atoms with Gasteiger partial charge in [-0.3, -0.25) is 9.97 Å². The lowest BCUT2D eigenvalue weighted by molar-refractivity contribution is 0.736. The highest BCUT2D eigenvalue weighted by atomic mass is 15.3. The van der Waals surface area contributed by atoms with Crippen molar-refractivity contribution in [2.75, 3.05) is 0 Å². The Morgan fingerprint density at radius 3 is 0.950 bits per heavy atom. The summed E-state index contributed by atoms with van der Waals surface area (Å²) in [5, 5.41) is 10.1. The maximum atomic E-state index is 3.72. The molecule has 0 N–H and O–H groups in total. The van der Waals surface area contributed by atoms with Gasteiger partial charge in [0, 0.05) is 24.8 Å². The molecule has 0 saturated carbocycles. The van der Waals surface area contributed by atoms with Gasteiger partial charge < -0.3 is 0 Å². The Morgan fingerprint density at radius 2 is 0.850 bits per heavy atom. The summed E-state index contributed by atoms with van der Waals surface area (Å²) in [6.45, 7) is 13.0. The first-order valence-corrected chi connectivity index (χ1v) is 6.75. The molecule has 5 heteroatoms. The molecular weight excluding hydrogens is 250 g/mol. The van der Waals surface area contributed by atoms with Crippen LogP contribution in [0.15, 0.2) is 43.2 Å². The van der Waals surface area contributed by atoms with E-state index in [0.717, 1.165) is 11.8 Å². The summed E-state index contributed by atoms with van der Waals surface area (Å²) in [6, 6.07) is 1.72. The van der Waals surface area contributed by atoms with Crippen LogP contribution in [0.25, 0.3) is 0 Å². The number of hydrogen-bond acceptors (Lipinski definition) is 5. The minimum absolute atomic E-state index is 0.833. The lowest BCUT2D eigenvalue weighted by atomic mass is 10.3. The topological polar surface area (TPSA) is 64.5 Å². The largest absolute Gasteiger partial charge is 0.262 e. The van der Waals surface area contributed by atoms with Crippen LogP contribution in [0.1, 0.15) is 41.5 Å². The Morgan fingerprint density at radius 1 is 0.550 bits per heavy atom. The summed E-state index contributed by atoms with van der Waals surface area (Å²) >= 11 is 0. The van der Waals surface area contributed by atoms with Crippen LogP contribution in [0.5, 0.6) is 0 Å². The zero-order chi connectivity index (χ0) is 15.6. The van der Waals surface area contributed by atoms with Crippen LogP contribution < -0.4 is 0 Å². The van der Waals surface area contributed by atoms with Gasteiger partial charge in [-0.15, -0.1) is 10.2 Å². The lowest BCUT2D eigenvalue weighted by Gasteiger charge is -1.79. The molecule has 5 nitrogen and oxygen atoms in total. The van der Waals surface area contributed by atoms with Gasteiger partial charge in [0.1, 0.15) is 0 Å². The number of hydrogen-bond donors (Lipinski definition) is 0. The number of nitrogens with zero attached hydrogens (tertiary/aromatic N) is 5. The maximum absolute atomic E-state index is 3.72. The van der Waals surface area contributed by atoms with Gasteiger partial charge in [0.25, 0.3) is 0 Å². The standard InChI is InChI=1S/C4H4N2.2C4H10.C3H3N3/c1-2-6-4-3-5-1;2*1-4(2)3;1-2-4-6-5-3-1/h1-4H;2*4H,1-3H3;1-3H. The van der Waals surface area contributed by atoms with E-state index in [1.807, 2.05) is 0 Å². The van der Waals surface area contributed by atoms with Crippen LogP contribution in [0.2, 0.25) is 0 Å². The molecule has 0 bridgehead atoms. The second-order valence-electron chi connectivity index (χ2n) is 5.17. The zero-order valence-corrected chi connectivity index (χ0v) is 13.4. The fourth-order valence-corrected chi connectivity index (χ4v) is 0.458. The van der Waals surface area contributed by atoms with Gasteiger partial charge in [0.05, 0.1) is 12.4 Å². The molecule has 2 aromatic heterocycles. The van der Waals surface area contributed by atoms with Crippen molar-refractivity contribution in [3.63, 3.8) is 0 Å². The van der Waals surface area contributed by atoms with E-state index in [4.69, 9.17) is 0 Å². The van der Waals surface area contributed by atoms with Crippen molar-refractivity contribution >= 4 is 0 Å². The predicted octanol–water partition coefficient (Wildman–Crippen LogP) is 3.67. The van der Waals surface area contributed by atoms with Crippen molar-refractivity contribution in [2.45, 2.75) is 41.5 Å². The Balaban J connectivity index is 0. The maximum Gasteiger partial charge on any atom is 0.0529 e. The predicted molar refractivity (Wildman–Crippen MR) is 82.9 cm³/mol. The van der Waals surface area contributed by atoms with Crippen molar-refractivity contribution in [3.8, 4) is 0 Å². The summed E-state index contributed by atoms with van der Waals surface area (Å²) in [5.41, 5.74) is 0. The molecule has 2 heterocycles. The summed E-state index contributed by atoms with van der Waals surface area (Å²) in [4.78, 5) is 7.44. The molecule has 0 unspecified atom stereocenters. The molecule has 0 fully saturated rings. The van der Waals surface area contributed by atoms with Gasteiger partial charge in [0.2, 0.25) is 0 Å². The van der Waals surface area contributed by atoms with Gasteiger partial charge in [-0.2, -0.15) is 0 Å². The van der Waals surface area contributed by atoms with Gasteiger partial charge >= 0.3 is 0 Å². The Bertz CT molecular complexity index is 255. The molecule has 0 aliphatic rings. The van der Waals surface area contributed by atoms with E-state index < -0.39 is 0 Å². The lowest BCUT2D eigenvalue weighted by Crippen LogP contribution is -1.78. The van der Waals surface area contributed by atoms with E-state index in [1.54, 1.807) is 43.2 Å². The van der Waals surface area contributed by atoms with Gasteiger partial charge in [-0.25, -0.2) is 0 Å². The highest BCUT2D eigenvalue weighted by molar-refractivity contribution is 4.71. The SMILES string of the molecule is CC(C)C.CC(C)C.c1cnccn1.c1cnnnc1. The van der Waals surface area contributed by atoms with Gasteiger partial charge in [-0.05, 0) is 23.1 Å². The van der Waals surface area contributed by atoms with Crippen LogP contribution in [-0.4, -0.2) is 25.4 Å². The molecule has 0 amide bonds. The third kappa shape index (κ3) is 36.0. The molecule has 112 valence electrons. The average Bonchev–Trinajstić information content (AvgIpc) is 2.42. The average molecular weight is 277 g/mol. The van der Waals surface area contributed by atoms with Crippen molar-refractivity contribution in [1.82, 2.24) is 25.4 Å². The van der Waals surface area contributed by atoms with E-state index in [0.29, 0.717) is 0 Å². The van der Waals surface area contributed by atoms with E-state index in [-0.39, 0.29) is 0 Å². The molecule has 2 rings (SSSR count). The fraction of sp³-hybridized carbons (Fsp3) is 0.533. The molecule has 0 aliphatic carbocycles. The molecule has 0 atom stereocenters. The van der Waals surface area contributed by atoms with Crippen LogP contribution in [0.4, 0.5) is 0 Å². The van der Waals surface area contributed by atoms with Crippen LogP contribution >= 0.6 is 0 Å². The summed E-state index contributed by atoms with van der Waals surface area (Å²) < 4.78 is 0. The number of rotatable bonds is 0. The van der Waals surface area contributed by atoms with Crippen LogP contribution in [0, 0.1) is 11.8 Å². The highest BCUT2D eigenvalue weighted by Crippen LogP contribution is 1.81. The fourth-order valence-electron chi connectivity index (χ4n) is 0.458. The van der Waals surface area contributed by atoms with E-state index in [1.165, 1.54) is 0 Å². The Hall–Kier alpha value is -1.91. The summed E-state index contributed by atoms with van der Waals surface area (Å²) in [5.74, 6) is 1.67. The first kappa shape index (κ1) is 20.4. The minimum atomic E-state index is 0.833. The minimum Gasteiger partial charge on any atom is -0.262 e. The monoisotopic (exact) mass is 277 g/mol. The molecular formula is C15H27N5. The molecule has 0 saturated heterocycles. The zero-order valence-electron chi connectivity index (χ0n) is 13.4. The molecule has 0 radical (unpaired) electrons. The first-order valence-electron chi connectivity index (χ1n) is 6.75. The first-order chi connectivity index (χ1) is 9.46. The molecule has 0 aliphatic heterocycles. The summed E-state index contributed by atoms with van der Waals surface area (Å²) in [7, 11) is 0. The molecule has 0 spiro atoms. The Kier molecular flexibility index (Phi) is 17.4. The van der Waals surface area contributed by atoms with Crippen molar-refractivity contribution in [3.05, 3.63) is 43.2 Å². The third-order valence-corrected chi connectivity index (χ3v) is 0.886. The second-order valence-corrected chi connectivity index (χ2v) is 5.17. The normalized spacial score (nSPS) is 8.40. The van der Waals surface area contributed by atoms with Gasteiger partial charge in [-0.1, -0.05) is 41.5 Å².